The highest BCUT2D eigenvalue weighted by molar-refractivity contribution is 7.89. The molecule has 17 heavy (non-hydrogen) atoms. The van der Waals surface area contributed by atoms with E-state index in [1.165, 1.54) is 7.11 Å². The maximum Gasteiger partial charge on any atom is 0.212 e. The molecule has 0 spiro atoms. The van der Waals surface area contributed by atoms with Crippen LogP contribution < -0.4 is 10.0 Å². The number of ether oxygens (including phenoxy) is 2. The summed E-state index contributed by atoms with van der Waals surface area (Å²) in [5.74, 6) is 0.0798. The molecule has 6 nitrogen and oxygen atoms in total. The number of nitrogens with one attached hydrogen (secondary N) is 2. The zero-order chi connectivity index (χ0) is 13.1. The Morgan fingerprint density at radius 2 is 1.94 bits per heavy atom. The number of hydrogen-bond acceptors (Lipinski definition) is 5. The lowest BCUT2D eigenvalue weighted by atomic mass is 10.4. The van der Waals surface area contributed by atoms with Crippen molar-refractivity contribution in [3.05, 3.63) is 0 Å². The largest absolute Gasteiger partial charge is 0.382 e. The molecular formula is C10H24N2O4S. The molecule has 0 amide bonds. The fourth-order valence-electron chi connectivity index (χ4n) is 1.20. The van der Waals surface area contributed by atoms with Crippen LogP contribution in [0.5, 0.6) is 0 Å². The standard InChI is InChI=1S/C10H24N2O4S/c1-4-5-11-6-7-17(13,14)12-8-10(16-3)9-15-2/h10-12H,4-9H2,1-3H3. The molecule has 0 rings (SSSR count). The highest BCUT2D eigenvalue weighted by Crippen LogP contribution is 1.91. The van der Waals surface area contributed by atoms with Crippen LogP contribution in [0.2, 0.25) is 0 Å². The van der Waals surface area contributed by atoms with Crippen LogP contribution in [0, 0.1) is 0 Å². The van der Waals surface area contributed by atoms with Gasteiger partial charge in [0.2, 0.25) is 10.0 Å². The van der Waals surface area contributed by atoms with Crippen LogP contribution >= 0.6 is 0 Å². The third-order valence-electron chi connectivity index (χ3n) is 2.19. The maximum absolute atomic E-state index is 11.6. The van der Waals surface area contributed by atoms with Gasteiger partial charge >= 0.3 is 0 Å². The summed E-state index contributed by atoms with van der Waals surface area (Å²) in [4.78, 5) is 0. The molecule has 0 aromatic rings. The van der Waals surface area contributed by atoms with Gasteiger partial charge in [0, 0.05) is 27.3 Å². The quantitative estimate of drug-likeness (QED) is 0.497. The summed E-state index contributed by atoms with van der Waals surface area (Å²) in [5.41, 5.74) is 0. The van der Waals surface area contributed by atoms with Gasteiger partial charge in [0.1, 0.15) is 0 Å². The van der Waals surface area contributed by atoms with Gasteiger partial charge in [-0.25, -0.2) is 13.1 Å². The Morgan fingerprint density at radius 3 is 2.47 bits per heavy atom. The van der Waals surface area contributed by atoms with E-state index in [2.05, 4.69) is 10.0 Å². The van der Waals surface area contributed by atoms with Crippen LogP contribution in [0.25, 0.3) is 0 Å². The Morgan fingerprint density at radius 1 is 1.24 bits per heavy atom. The van der Waals surface area contributed by atoms with Crippen molar-refractivity contribution in [3.63, 3.8) is 0 Å². The van der Waals surface area contributed by atoms with E-state index in [0.29, 0.717) is 13.2 Å². The number of sulfonamides is 1. The van der Waals surface area contributed by atoms with Gasteiger partial charge in [-0.2, -0.15) is 0 Å². The Bertz CT molecular complexity index is 269. The van der Waals surface area contributed by atoms with Crippen LogP contribution in [-0.4, -0.2) is 60.7 Å². The van der Waals surface area contributed by atoms with Crippen LogP contribution in [-0.2, 0) is 19.5 Å². The molecule has 104 valence electrons. The lowest BCUT2D eigenvalue weighted by Gasteiger charge is -2.15. The van der Waals surface area contributed by atoms with Crippen molar-refractivity contribution < 1.29 is 17.9 Å². The van der Waals surface area contributed by atoms with Gasteiger partial charge in [0.25, 0.3) is 0 Å². The lowest BCUT2D eigenvalue weighted by Crippen LogP contribution is -2.38. The van der Waals surface area contributed by atoms with E-state index in [1.54, 1.807) is 7.11 Å². The first kappa shape index (κ1) is 16.8. The summed E-state index contributed by atoms with van der Waals surface area (Å²) in [7, 11) is -0.154. The minimum Gasteiger partial charge on any atom is -0.382 e. The van der Waals surface area contributed by atoms with Crippen molar-refractivity contribution >= 4 is 10.0 Å². The number of hydrogen-bond donors (Lipinski definition) is 2. The Balaban J connectivity index is 3.83. The molecule has 7 heteroatoms. The van der Waals surface area contributed by atoms with Gasteiger partial charge in [-0.15, -0.1) is 0 Å². The third kappa shape index (κ3) is 9.49. The van der Waals surface area contributed by atoms with Crippen molar-refractivity contribution in [1.29, 1.82) is 0 Å². The van der Waals surface area contributed by atoms with Gasteiger partial charge in [0.05, 0.1) is 18.5 Å². The first-order valence-corrected chi connectivity index (χ1v) is 7.40. The highest BCUT2D eigenvalue weighted by Gasteiger charge is 2.13. The summed E-state index contributed by atoms with van der Waals surface area (Å²) in [6.45, 7) is 3.94. The molecule has 1 atom stereocenters. The normalized spacial score (nSPS) is 13.8. The molecule has 0 fully saturated rings. The van der Waals surface area contributed by atoms with Crippen molar-refractivity contribution in [1.82, 2.24) is 10.0 Å². The molecule has 0 aromatic carbocycles. The Kier molecular flexibility index (Phi) is 9.66. The minimum absolute atomic E-state index is 0.0798. The fourth-order valence-corrected chi connectivity index (χ4v) is 2.19. The first-order chi connectivity index (χ1) is 8.05. The molecule has 0 aromatic heterocycles. The second-order valence-corrected chi connectivity index (χ2v) is 5.66. The molecule has 0 radical (unpaired) electrons. The fraction of sp³-hybridized carbons (Fsp3) is 1.00. The van der Waals surface area contributed by atoms with E-state index < -0.39 is 10.0 Å². The minimum atomic E-state index is -3.23. The van der Waals surface area contributed by atoms with E-state index in [9.17, 15) is 8.42 Å². The maximum atomic E-state index is 11.6. The van der Waals surface area contributed by atoms with E-state index in [-0.39, 0.29) is 18.4 Å². The number of rotatable bonds is 11. The average Bonchev–Trinajstić information content (AvgIpc) is 2.30. The molecule has 0 aliphatic carbocycles. The second kappa shape index (κ2) is 9.78. The van der Waals surface area contributed by atoms with Crippen LogP contribution in [0.3, 0.4) is 0 Å². The van der Waals surface area contributed by atoms with E-state index >= 15 is 0 Å². The van der Waals surface area contributed by atoms with Crippen LogP contribution in [0.4, 0.5) is 0 Å². The van der Waals surface area contributed by atoms with Crippen molar-refractivity contribution in [2.24, 2.45) is 0 Å². The molecule has 2 N–H and O–H groups in total. The second-order valence-electron chi connectivity index (χ2n) is 3.73. The summed E-state index contributed by atoms with van der Waals surface area (Å²) in [6, 6.07) is 0. The summed E-state index contributed by atoms with van der Waals surface area (Å²) in [5, 5.41) is 3.04. The van der Waals surface area contributed by atoms with Gasteiger partial charge in [-0.1, -0.05) is 6.92 Å². The predicted molar refractivity (Wildman–Crippen MR) is 67.6 cm³/mol. The monoisotopic (exact) mass is 268 g/mol. The van der Waals surface area contributed by atoms with Crippen molar-refractivity contribution in [2.45, 2.75) is 19.4 Å². The molecule has 0 aliphatic rings. The van der Waals surface area contributed by atoms with Crippen molar-refractivity contribution in [3.8, 4) is 0 Å². The Hall–Kier alpha value is -0.210. The molecule has 0 bridgehead atoms. The highest BCUT2D eigenvalue weighted by atomic mass is 32.2. The average molecular weight is 268 g/mol. The van der Waals surface area contributed by atoms with E-state index in [4.69, 9.17) is 9.47 Å². The molecule has 0 saturated heterocycles. The van der Waals surface area contributed by atoms with Crippen LogP contribution in [0.15, 0.2) is 0 Å². The third-order valence-corrected chi connectivity index (χ3v) is 3.54. The molecule has 0 heterocycles. The molecule has 0 aliphatic heterocycles. The van der Waals surface area contributed by atoms with Crippen molar-refractivity contribution in [2.75, 3.05) is 46.2 Å². The predicted octanol–water partition coefficient (Wildman–Crippen LogP) is -0.433. The smallest absolute Gasteiger partial charge is 0.212 e. The zero-order valence-electron chi connectivity index (χ0n) is 10.9. The van der Waals surface area contributed by atoms with Gasteiger partial charge in [0.15, 0.2) is 0 Å². The summed E-state index contributed by atoms with van der Waals surface area (Å²) < 4.78 is 35.6. The molecule has 0 saturated carbocycles. The van der Waals surface area contributed by atoms with Gasteiger partial charge in [-0.05, 0) is 13.0 Å². The summed E-state index contributed by atoms with van der Waals surface area (Å²) >= 11 is 0. The van der Waals surface area contributed by atoms with E-state index in [1.807, 2.05) is 6.92 Å². The molecule has 1 unspecified atom stereocenters. The first-order valence-electron chi connectivity index (χ1n) is 5.75. The van der Waals surface area contributed by atoms with Gasteiger partial charge in [-0.3, -0.25) is 0 Å². The lowest BCUT2D eigenvalue weighted by molar-refractivity contribution is 0.0320. The van der Waals surface area contributed by atoms with Gasteiger partial charge < -0.3 is 14.8 Å². The number of methoxy groups -OCH3 is 2. The zero-order valence-corrected chi connectivity index (χ0v) is 11.7. The summed E-state index contributed by atoms with van der Waals surface area (Å²) in [6.07, 6.45) is 0.742. The van der Waals surface area contributed by atoms with Crippen LogP contribution in [0.1, 0.15) is 13.3 Å². The van der Waals surface area contributed by atoms with E-state index in [0.717, 1.165) is 13.0 Å². The topological polar surface area (TPSA) is 76.7 Å². The molecular weight excluding hydrogens is 244 g/mol. The Labute approximate surface area is 104 Å². The SMILES string of the molecule is CCCNCCS(=O)(=O)NCC(COC)OC.